The van der Waals surface area contributed by atoms with Gasteiger partial charge in [0.2, 0.25) is 10.0 Å². The lowest BCUT2D eigenvalue weighted by atomic mass is 10.1. The highest BCUT2D eigenvalue weighted by atomic mass is 32.2. The van der Waals surface area contributed by atoms with E-state index in [1.165, 1.54) is 0 Å². The van der Waals surface area contributed by atoms with E-state index in [4.69, 9.17) is 0 Å². The van der Waals surface area contributed by atoms with Crippen LogP contribution >= 0.6 is 0 Å². The van der Waals surface area contributed by atoms with Gasteiger partial charge in [-0.1, -0.05) is 30.3 Å². The average Bonchev–Trinajstić information content (AvgIpc) is 2.60. The van der Waals surface area contributed by atoms with Gasteiger partial charge in [-0.3, -0.25) is 4.98 Å². The molecule has 0 atom stereocenters. The summed E-state index contributed by atoms with van der Waals surface area (Å²) >= 11 is 0. The number of hydrogen-bond acceptors (Lipinski definition) is 4. The molecule has 122 valence electrons. The Labute approximate surface area is 137 Å². The SMILES string of the molecule is C=CCCS(=O)(=O)N1CCN(c2cncc3ccccc23)CC1. The number of hydrogen-bond donors (Lipinski definition) is 0. The van der Waals surface area contributed by atoms with E-state index < -0.39 is 10.0 Å². The molecule has 0 radical (unpaired) electrons. The molecule has 1 fully saturated rings. The van der Waals surface area contributed by atoms with Gasteiger partial charge in [0.1, 0.15) is 0 Å². The molecule has 23 heavy (non-hydrogen) atoms. The Morgan fingerprint density at radius 3 is 2.61 bits per heavy atom. The summed E-state index contributed by atoms with van der Waals surface area (Å²) in [4.78, 5) is 6.53. The molecule has 0 unspecified atom stereocenters. The minimum atomic E-state index is -3.17. The van der Waals surface area contributed by atoms with Crippen molar-refractivity contribution in [2.24, 2.45) is 0 Å². The van der Waals surface area contributed by atoms with Crippen molar-refractivity contribution in [3.8, 4) is 0 Å². The Bertz CT molecular complexity index is 791. The summed E-state index contributed by atoms with van der Waals surface area (Å²) in [6.45, 7) is 5.99. The summed E-state index contributed by atoms with van der Waals surface area (Å²) in [5, 5.41) is 2.26. The smallest absolute Gasteiger partial charge is 0.214 e. The van der Waals surface area contributed by atoms with Crippen LogP contribution in [0.1, 0.15) is 6.42 Å². The topological polar surface area (TPSA) is 53.5 Å². The number of benzene rings is 1. The van der Waals surface area contributed by atoms with E-state index in [9.17, 15) is 8.42 Å². The fourth-order valence-corrected chi connectivity index (χ4v) is 4.36. The summed E-state index contributed by atoms with van der Waals surface area (Å²) < 4.78 is 26.1. The largest absolute Gasteiger partial charge is 0.367 e. The predicted octanol–water partition coefficient (Wildman–Crippen LogP) is 2.26. The van der Waals surface area contributed by atoms with E-state index in [2.05, 4.69) is 22.5 Å². The molecule has 2 heterocycles. The third-order valence-corrected chi connectivity index (χ3v) is 6.10. The quantitative estimate of drug-likeness (QED) is 0.789. The van der Waals surface area contributed by atoms with E-state index >= 15 is 0 Å². The number of piperazine rings is 1. The summed E-state index contributed by atoms with van der Waals surface area (Å²) in [6, 6.07) is 8.14. The zero-order chi connectivity index (χ0) is 16.3. The fourth-order valence-electron chi connectivity index (χ4n) is 2.92. The maximum absolute atomic E-state index is 12.2. The van der Waals surface area contributed by atoms with Crippen molar-refractivity contribution in [1.29, 1.82) is 0 Å². The number of fused-ring (bicyclic) bond motifs is 1. The highest BCUT2D eigenvalue weighted by Gasteiger charge is 2.26. The van der Waals surface area contributed by atoms with Crippen LogP contribution in [0.15, 0.2) is 49.3 Å². The van der Waals surface area contributed by atoms with Crippen LogP contribution in [0.4, 0.5) is 5.69 Å². The van der Waals surface area contributed by atoms with E-state index in [1.54, 1.807) is 10.4 Å². The van der Waals surface area contributed by atoms with Crippen molar-refractivity contribution in [3.05, 3.63) is 49.3 Å². The Hall–Kier alpha value is -1.92. The molecular weight excluding hydrogens is 310 g/mol. The molecule has 3 rings (SSSR count). The van der Waals surface area contributed by atoms with Gasteiger partial charge in [0, 0.05) is 43.1 Å². The number of rotatable bonds is 5. The molecule has 0 N–H and O–H groups in total. The number of pyridine rings is 1. The Morgan fingerprint density at radius 2 is 1.87 bits per heavy atom. The lowest BCUT2D eigenvalue weighted by molar-refractivity contribution is 0.385. The van der Waals surface area contributed by atoms with Gasteiger partial charge in [-0.25, -0.2) is 8.42 Å². The van der Waals surface area contributed by atoms with Crippen molar-refractivity contribution in [3.63, 3.8) is 0 Å². The molecule has 1 aromatic carbocycles. The van der Waals surface area contributed by atoms with Crippen molar-refractivity contribution in [2.45, 2.75) is 6.42 Å². The van der Waals surface area contributed by atoms with Crippen LogP contribution in [0, 0.1) is 0 Å². The summed E-state index contributed by atoms with van der Waals surface area (Å²) in [7, 11) is -3.17. The van der Waals surface area contributed by atoms with Crippen LogP contribution in [0.5, 0.6) is 0 Å². The zero-order valence-corrected chi connectivity index (χ0v) is 13.9. The molecule has 2 aromatic rings. The Balaban J connectivity index is 1.75. The second-order valence-electron chi connectivity index (χ2n) is 5.66. The van der Waals surface area contributed by atoms with Crippen LogP contribution in [0.25, 0.3) is 10.8 Å². The van der Waals surface area contributed by atoms with E-state index in [0.717, 1.165) is 16.5 Å². The first-order valence-electron chi connectivity index (χ1n) is 7.78. The van der Waals surface area contributed by atoms with Gasteiger partial charge >= 0.3 is 0 Å². The minimum absolute atomic E-state index is 0.145. The van der Waals surface area contributed by atoms with Gasteiger partial charge < -0.3 is 4.90 Å². The van der Waals surface area contributed by atoms with Gasteiger partial charge in [0.15, 0.2) is 0 Å². The second-order valence-corrected chi connectivity index (χ2v) is 7.75. The molecule has 0 aliphatic carbocycles. The second kappa shape index (κ2) is 6.68. The van der Waals surface area contributed by atoms with Crippen molar-refractivity contribution >= 4 is 26.5 Å². The molecule has 1 aromatic heterocycles. The molecule has 0 saturated carbocycles. The Morgan fingerprint density at radius 1 is 1.13 bits per heavy atom. The third kappa shape index (κ3) is 3.38. The number of aromatic nitrogens is 1. The predicted molar refractivity (Wildman–Crippen MR) is 94.1 cm³/mol. The normalized spacial score (nSPS) is 16.6. The highest BCUT2D eigenvalue weighted by Crippen LogP contribution is 2.26. The molecule has 0 amide bonds. The fraction of sp³-hybridized carbons (Fsp3) is 0.353. The van der Waals surface area contributed by atoms with E-state index in [1.807, 2.05) is 30.6 Å². The lowest BCUT2D eigenvalue weighted by Crippen LogP contribution is -2.49. The van der Waals surface area contributed by atoms with E-state index in [-0.39, 0.29) is 5.75 Å². The van der Waals surface area contributed by atoms with Gasteiger partial charge in [-0.05, 0) is 6.42 Å². The molecule has 1 saturated heterocycles. The van der Waals surface area contributed by atoms with Crippen LogP contribution in [-0.4, -0.2) is 49.6 Å². The van der Waals surface area contributed by atoms with Gasteiger partial charge in [-0.2, -0.15) is 4.31 Å². The maximum Gasteiger partial charge on any atom is 0.214 e. The van der Waals surface area contributed by atoms with E-state index in [0.29, 0.717) is 32.6 Å². The lowest BCUT2D eigenvalue weighted by Gasteiger charge is -2.35. The molecule has 0 spiro atoms. The van der Waals surface area contributed by atoms with Crippen molar-refractivity contribution in [1.82, 2.24) is 9.29 Å². The number of anilines is 1. The van der Waals surface area contributed by atoms with Crippen molar-refractivity contribution < 1.29 is 8.42 Å². The van der Waals surface area contributed by atoms with Crippen LogP contribution in [0.3, 0.4) is 0 Å². The molecule has 1 aliphatic rings. The van der Waals surface area contributed by atoms with Crippen LogP contribution < -0.4 is 4.90 Å². The molecule has 5 nitrogen and oxygen atoms in total. The molecular formula is C17H21N3O2S. The zero-order valence-electron chi connectivity index (χ0n) is 13.1. The van der Waals surface area contributed by atoms with Gasteiger partial charge in [-0.15, -0.1) is 6.58 Å². The first kappa shape index (κ1) is 16.0. The minimum Gasteiger partial charge on any atom is -0.367 e. The summed E-state index contributed by atoms with van der Waals surface area (Å²) in [5.41, 5.74) is 1.08. The molecule has 6 heteroatoms. The number of sulfonamides is 1. The first-order valence-corrected chi connectivity index (χ1v) is 9.39. The highest BCUT2D eigenvalue weighted by molar-refractivity contribution is 7.89. The summed E-state index contributed by atoms with van der Waals surface area (Å²) in [6.07, 6.45) is 5.87. The molecule has 0 bridgehead atoms. The van der Waals surface area contributed by atoms with Gasteiger partial charge in [0.25, 0.3) is 0 Å². The third-order valence-electron chi connectivity index (χ3n) is 4.20. The number of nitrogens with zero attached hydrogens (tertiary/aromatic N) is 3. The number of allylic oxidation sites excluding steroid dienone is 1. The first-order chi connectivity index (χ1) is 11.1. The van der Waals surface area contributed by atoms with Crippen LogP contribution in [0.2, 0.25) is 0 Å². The van der Waals surface area contributed by atoms with Gasteiger partial charge in [0.05, 0.1) is 17.6 Å². The van der Waals surface area contributed by atoms with Crippen molar-refractivity contribution in [2.75, 3.05) is 36.8 Å². The Kier molecular flexibility index (Phi) is 4.63. The maximum atomic E-state index is 12.2. The van der Waals surface area contributed by atoms with Crippen LogP contribution in [-0.2, 0) is 10.0 Å². The monoisotopic (exact) mass is 331 g/mol. The molecule has 1 aliphatic heterocycles. The average molecular weight is 331 g/mol. The summed E-state index contributed by atoms with van der Waals surface area (Å²) in [5.74, 6) is 0.145. The standard InChI is InChI=1S/C17H21N3O2S/c1-2-3-12-23(21,22)20-10-8-19(9-11-20)17-14-18-13-15-6-4-5-7-16(15)17/h2,4-7,13-14H,1,3,8-12H2.